The molecule has 19 heavy (non-hydrogen) atoms. The number of hydrogen-bond donors (Lipinski definition) is 0. The summed E-state index contributed by atoms with van der Waals surface area (Å²) < 4.78 is 5.96. The van der Waals surface area contributed by atoms with Crippen molar-refractivity contribution in [2.24, 2.45) is 11.1 Å². The van der Waals surface area contributed by atoms with Gasteiger partial charge in [0.1, 0.15) is 0 Å². The maximum Gasteiger partial charge on any atom is 0.161 e. The molecule has 1 aliphatic heterocycles. The first-order chi connectivity index (χ1) is 9.34. The minimum atomic E-state index is 0.0876. The van der Waals surface area contributed by atoms with Gasteiger partial charge in [0.05, 0.1) is 18.4 Å². The van der Waals surface area contributed by atoms with Crippen molar-refractivity contribution in [3.05, 3.63) is 35.9 Å². The normalized spacial score (nSPS) is 27.3. The fourth-order valence-electron chi connectivity index (χ4n) is 3.00. The predicted octanol–water partition coefficient (Wildman–Crippen LogP) is 3.54. The maximum atomic E-state index is 5.96. The molecule has 1 heterocycles. The van der Waals surface area contributed by atoms with Gasteiger partial charge in [-0.15, -0.1) is 0 Å². The lowest BCUT2D eigenvalue weighted by Gasteiger charge is -2.26. The zero-order chi connectivity index (χ0) is 13.1. The molecule has 0 bridgehead atoms. The fraction of sp³-hybridized carbons (Fsp3) is 0.562. The molecule has 1 saturated carbocycles. The summed E-state index contributed by atoms with van der Waals surface area (Å²) >= 11 is 0. The molecule has 3 heteroatoms. The first kappa shape index (κ1) is 12.7. The van der Waals surface area contributed by atoms with Gasteiger partial charge in [0.15, 0.2) is 6.10 Å². The summed E-state index contributed by atoms with van der Waals surface area (Å²) in [7, 11) is 0. The molecule has 0 saturated heterocycles. The first-order valence-electron chi connectivity index (χ1n) is 7.22. The molecule has 0 aromatic heterocycles. The lowest BCUT2D eigenvalue weighted by molar-refractivity contribution is -0.0721. The third-order valence-electron chi connectivity index (χ3n) is 4.13. The van der Waals surface area contributed by atoms with Crippen LogP contribution >= 0.6 is 0 Å². The van der Waals surface area contributed by atoms with Gasteiger partial charge < -0.3 is 9.57 Å². The average Bonchev–Trinajstić information content (AvgIpc) is 2.90. The van der Waals surface area contributed by atoms with Crippen molar-refractivity contribution in [2.45, 2.75) is 51.4 Å². The van der Waals surface area contributed by atoms with Crippen LogP contribution in [0.2, 0.25) is 0 Å². The van der Waals surface area contributed by atoms with E-state index in [2.05, 4.69) is 24.2 Å². The summed E-state index contributed by atoms with van der Waals surface area (Å²) in [4.78, 5) is 5.61. The average molecular weight is 259 g/mol. The third-order valence-corrected chi connectivity index (χ3v) is 4.13. The number of nitrogens with zero attached hydrogens (tertiary/aromatic N) is 1. The van der Waals surface area contributed by atoms with Crippen LogP contribution in [-0.4, -0.2) is 17.9 Å². The van der Waals surface area contributed by atoms with Gasteiger partial charge >= 0.3 is 0 Å². The Bertz CT molecular complexity index is 443. The summed E-state index contributed by atoms with van der Waals surface area (Å²) in [6, 6.07) is 10.3. The molecule has 0 amide bonds. The van der Waals surface area contributed by atoms with Gasteiger partial charge in [-0.05, 0) is 31.7 Å². The molecule has 1 aromatic rings. The van der Waals surface area contributed by atoms with Crippen LogP contribution in [0.15, 0.2) is 35.5 Å². The van der Waals surface area contributed by atoms with Gasteiger partial charge in [0.2, 0.25) is 0 Å². The fourth-order valence-corrected chi connectivity index (χ4v) is 3.00. The molecule has 3 rings (SSSR count). The molecule has 1 fully saturated rings. The number of ether oxygens (including phenoxy) is 1. The van der Waals surface area contributed by atoms with Gasteiger partial charge in [-0.1, -0.05) is 41.9 Å². The molecule has 0 spiro atoms. The summed E-state index contributed by atoms with van der Waals surface area (Å²) in [6.07, 6.45) is 5.04. The monoisotopic (exact) mass is 259 g/mol. The summed E-state index contributed by atoms with van der Waals surface area (Å²) in [5, 5.41) is 4.25. The van der Waals surface area contributed by atoms with Crippen LogP contribution < -0.4 is 0 Å². The Morgan fingerprint density at radius 3 is 3.00 bits per heavy atom. The second-order valence-corrected chi connectivity index (χ2v) is 5.51. The molecule has 0 radical (unpaired) electrons. The number of benzene rings is 1. The Kier molecular flexibility index (Phi) is 3.83. The van der Waals surface area contributed by atoms with Crippen LogP contribution in [0.25, 0.3) is 0 Å². The molecule has 3 atom stereocenters. The highest BCUT2D eigenvalue weighted by molar-refractivity contribution is 5.88. The van der Waals surface area contributed by atoms with Crippen molar-refractivity contribution in [3.8, 4) is 0 Å². The highest BCUT2D eigenvalue weighted by Gasteiger charge is 2.39. The largest absolute Gasteiger partial charge is 0.389 e. The van der Waals surface area contributed by atoms with Gasteiger partial charge in [0.25, 0.3) is 0 Å². The predicted molar refractivity (Wildman–Crippen MR) is 75.0 cm³/mol. The van der Waals surface area contributed by atoms with E-state index in [0.717, 1.165) is 6.42 Å². The quantitative estimate of drug-likeness (QED) is 0.828. The molecule has 2 aliphatic rings. The summed E-state index contributed by atoms with van der Waals surface area (Å²) in [5.41, 5.74) is 2.46. The van der Waals surface area contributed by atoms with Crippen LogP contribution in [0.4, 0.5) is 0 Å². The molecule has 0 unspecified atom stereocenters. The van der Waals surface area contributed by atoms with Crippen LogP contribution in [0.3, 0.4) is 0 Å². The van der Waals surface area contributed by atoms with E-state index in [-0.39, 0.29) is 12.2 Å². The second-order valence-electron chi connectivity index (χ2n) is 5.51. The second kappa shape index (κ2) is 5.74. The number of fused-ring (bicyclic) bond motifs is 1. The van der Waals surface area contributed by atoms with E-state index >= 15 is 0 Å². The van der Waals surface area contributed by atoms with E-state index in [1.165, 1.54) is 30.5 Å². The summed E-state index contributed by atoms with van der Waals surface area (Å²) in [5.74, 6) is 0.486. The lowest BCUT2D eigenvalue weighted by Crippen LogP contribution is -2.35. The molecule has 0 N–H and O–H groups in total. The minimum absolute atomic E-state index is 0.0876. The van der Waals surface area contributed by atoms with Gasteiger partial charge in [-0.2, -0.15) is 0 Å². The smallest absolute Gasteiger partial charge is 0.161 e. The van der Waals surface area contributed by atoms with E-state index in [1.807, 2.05) is 18.2 Å². The first-order valence-corrected chi connectivity index (χ1v) is 7.22. The van der Waals surface area contributed by atoms with Crippen molar-refractivity contribution < 1.29 is 9.57 Å². The molecular weight excluding hydrogens is 238 g/mol. The summed E-state index contributed by atoms with van der Waals surface area (Å²) in [6.45, 7) is 2.74. The lowest BCUT2D eigenvalue weighted by atomic mass is 9.82. The Hall–Kier alpha value is -1.35. The number of oxime groups is 1. The Balaban J connectivity index is 1.55. The van der Waals surface area contributed by atoms with Crippen molar-refractivity contribution in [2.75, 3.05) is 0 Å². The maximum absolute atomic E-state index is 5.96. The highest BCUT2D eigenvalue weighted by Crippen LogP contribution is 2.33. The number of rotatable bonds is 4. The number of hydrogen-bond acceptors (Lipinski definition) is 3. The van der Waals surface area contributed by atoms with Crippen molar-refractivity contribution in [1.82, 2.24) is 0 Å². The highest BCUT2D eigenvalue weighted by atomic mass is 16.7. The van der Waals surface area contributed by atoms with E-state index in [4.69, 9.17) is 9.57 Å². The van der Waals surface area contributed by atoms with Gasteiger partial charge in [0, 0.05) is 5.92 Å². The molecule has 1 aromatic carbocycles. The topological polar surface area (TPSA) is 30.8 Å². The van der Waals surface area contributed by atoms with E-state index in [0.29, 0.717) is 12.5 Å². The van der Waals surface area contributed by atoms with Crippen molar-refractivity contribution >= 4 is 5.71 Å². The van der Waals surface area contributed by atoms with Crippen LogP contribution in [0.5, 0.6) is 0 Å². The van der Waals surface area contributed by atoms with Crippen molar-refractivity contribution in [1.29, 1.82) is 0 Å². The molecule has 3 nitrogen and oxygen atoms in total. The Morgan fingerprint density at radius 2 is 2.16 bits per heavy atom. The molecular formula is C16H21NO2. The Labute approximate surface area is 114 Å². The van der Waals surface area contributed by atoms with Crippen LogP contribution in [0.1, 0.15) is 38.2 Å². The zero-order valence-electron chi connectivity index (χ0n) is 11.4. The zero-order valence-corrected chi connectivity index (χ0v) is 11.4. The van der Waals surface area contributed by atoms with Gasteiger partial charge in [-0.25, -0.2) is 0 Å². The SMILES string of the molecule is C[C@H](OCc1ccccc1)[C@H]1ON=C2CCCC[C@H]21. The van der Waals surface area contributed by atoms with E-state index in [9.17, 15) is 0 Å². The van der Waals surface area contributed by atoms with E-state index < -0.39 is 0 Å². The molecule has 102 valence electrons. The van der Waals surface area contributed by atoms with Gasteiger partial charge in [-0.3, -0.25) is 0 Å². The van der Waals surface area contributed by atoms with Crippen LogP contribution in [-0.2, 0) is 16.2 Å². The third kappa shape index (κ3) is 2.81. The standard InChI is InChI=1S/C16H21NO2/c1-12(18-11-13-7-3-2-4-8-13)16-14-9-5-6-10-15(14)17-19-16/h2-4,7-8,12,14,16H,5-6,9-11H2,1H3/t12-,14+,16+/m0/s1. The van der Waals surface area contributed by atoms with Crippen LogP contribution in [0, 0.1) is 5.92 Å². The van der Waals surface area contributed by atoms with E-state index in [1.54, 1.807) is 0 Å². The molecule has 1 aliphatic carbocycles. The van der Waals surface area contributed by atoms with Crippen molar-refractivity contribution in [3.63, 3.8) is 0 Å². The minimum Gasteiger partial charge on any atom is -0.389 e. The Morgan fingerprint density at radius 1 is 1.32 bits per heavy atom.